The third-order valence-electron chi connectivity index (χ3n) is 1.51. The zero-order chi connectivity index (χ0) is 10.8. The Morgan fingerprint density at radius 2 is 2.36 bits per heavy atom. The summed E-state index contributed by atoms with van der Waals surface area (Å²) < 4.78 is 0.386. The van der Waals surface area contributed by atoms with E-state index in [4.69, 9.17) is 0 Å². The summed E-state index contributed by atoms with van der Waals surface area (Å²) in [5.41, 5.74) is -0.566. The van der Waals surface area contributed by atoms with Gasteiger partial charge < -0.3 is 10.4 Å². The molecular weight excluding hydrogens is 250 g/mol. The van der Waals surface area contributed by atoms with Crippen LogP contribution in [-0.4, -0.2) is 27.4 Å². The van der Waals surface area contributed by atoms with Crippen LogP contribution in [0.15, 0.2) is 15.5 Å². The Hall–Kier alpha value is -0.880. The Balaban J connectivity index is 2.78. The lowest BCUT2D eigenvalue weighted by Gasteiger charge is -2.18. The number of hydrogen-bond donors (Lipinski definition) is 3. The lowest BCUT2D eigenvalue weighted by atomic mass is 10.1. The number of H-pyrrole nitrogens is 1. The first-order valence-corrected chi connectivity index (χ1v) is 4.89. The predicted octanol–water partition coefficient (Wildman–Crippen LogP) is 0.715. The summed E-state index contributed by atoms with van der Waals surface area (Å²) in [7, 11) is 0. The van der Waals surface area contributed by atoms with Gasteiger partial charge in [0.25, 0.3) is 5.56 Å². The van der Waals surface area contributed by atoms with Crippen LogP contribution in [0.2, 0.25) is 0 Å². The second-order valence-corrected chi connectivity index (χ2v) is 4.39. The third kappa shape index (κ3) is 3.12. The van der Waals surface area contributed by atoms with Crippen LogP contribution in [-0.2, 0) is 0 Å². The molecule has 0 aliphatic rings. The molecule has 0 saturated heterocycles. The van der Waals surface area contributed by atoms with Crippen molar-refractivity contribution in [2.75, 3.05) is 11.9 Å². The molecule has 0 fully saturated rings. The van der Waals surface area contributed by atoms with Gasteiger partial charge in [0, 0.05) is 6.54 Å². The molecule has 6 heteroatoms. The number of hydrogen-bond acceptors (Lipinski definition) is 4. The fraction of sp³-hybridized carbons (Fsp3) is 0.500. The smallest absolute Gasteiger partial charge is 0.280 e. The van der Waals surface area contributed by atoms with E-state index in [1.165, 1.54) is 6.20 Å². The third-order valence-corrected chi connectivity index (χ3v) is 2.29. The molecule has 3 N–H and O–H groups in total. The number of nitrogens with one attached hydrogen (secondary N) is 2. The maximum absolute atomic E-state index is 11.1. The quantitative estimate of drug-likeness (QED) is 0.749. The molecule has 0 unspecified atom stereocenters. The lowest BCUT2D eigenvalue weighted by Crippen LogP contribution is -2.30. The normalized spacial score (nSPS) is 11.4. The zero-order valence-corrected chi connectivity index (χ0v) is 9.55. The van der Waals surface area contributed by atoms with Crippen molar-refractivity contribution < 1.29 is 5.11 Å². The Kier molecular flexibility index (Phi) is 3.28. The second kappa shape index (κ2) is 4.10. The zero-order valence-electron chi connectivity index (χ0n) is 7.97. The van der Waals surface area contributed by atoms with Crippen molar-refractivity contribution in [1.82, 2.24) is 10.2 Å². The van der Waals surface area contributed by atoms with E-state index in [-0.39, 0.29) is 5.56 Å². The van der Waals surface area contributed by atoms with Crippen LogP contribution in [0, 0.1) is 0 Å². The Labute approximate surface area is 89.7 Å². The van der Waals surface area contributed by atoms with E-state index < -0.39 is 5.60 Å². The molecule has 1 aromatic rings. The van der Waals surface area contributed by atoms with Crippen molar-refractivity contribution in [2.45, 2.75) is 19.4 Å². The molecule has 0 saturated carbocycles. The summed E-state index contributed by atoms with van der Waals surface area (Å²) in [6.07, 6.45) is 1.48. The standard InChI is InChI=1S/C8H12BrN3O2/c1-8(2,14)4-10-5-3-11-12-7(13)6(5)9/h3,14H,4H2,1-2H3,(H2,10,12,13). The van der Waals surface area contributed by atoms with Crippen LogP contribution < -0.4 is 10.9 Å². The summed E-state index contributed by atoms with van der Waals surface area (Å²) in [6, 6.07) is 0. The summed E-state index contributed by atoms with van der Waals surface area (Å²) >= 11 is 3.12. The number of aliphatic hydroxyl groups is 1. The van der Waals surface area contributed by atoms with Crippen molar-refractivity contribution >= 4 is 21.6 Å². The molecule has 1 heterocycles. The number of rotatable bonds is 3. The molecular formula is C8H12BrN3O2. The highest BCUT2D eigenvalue weighted by atomic mass is 79.9. The van der Waals surface area contributed by atoms with E-state index in [2.05, 4.69) is 31.4 Å². The number of nitrogens with zero attached hydrogens (tertiary/aromatic N) is 1. The van der Waals surface area contributed by atoms with Gasteiger partial charge in [-0.15, -0.1) is 0 Å². The summed E-state index contributed by atoms with van der Waals surface area (Å²) in [6.45, 7) is 3.69. The van der Waals surface area contributed by atoms with Gasteiger partial charge in [-0.2, -0.15) is 5.10 Å². The average molecular weight is 262 g/mol. The first-order chi connectivity index (χ1) is 6.40. The highest BCUT2D eigenvalue weighted by Crippen LogP contribution is 2.16. The fourth-order valence-corrected chi connectivity index (χ4v) is 1.15. The number of halogens is 1. The van der Waals surface area contributed by atoms with Crippen molar-refractivity contribution in [1.29, 1.82) is 0 Å². The molecule has 0 radical (unpaired) electrons. The van der Waals surface area contributed by atoms with Gasteiger partial charge in [0.15, 0.2) is 0 Å². The van der Waals surface area contributed by atoms with Gasteiger partial charge in [-0.25, -0.2) is 5.10 Å². The van der Waals surface area contributed by atoms with E-state index in [0.717, 1.165) is 0 Å². The Morgan fingerprint density at radius 1 is 1.71 bits per heavy atom. The molecule has 14 heavy (non-hydrogen) atoms. The first kappa shape index (κ1) is 11.2. The van der Waals surface area contributed by atoms with Gasteiger partial charge in [0.2, 0.25) is 0 Å². The van der Waals surface area contributed by atoms with Gasteiger partial charge in [-0.3, -0.25) is 4.79 Å². The molecule has 0 bridgehead atoms. The molecule has 1 aromatic heterocycles. The lowest BCUT2D eigenvalue weighted by molar-refractivity contribution is 0.0945. The van der Waals surface area contributed by atoms with Gasteiger partial charge in [0.05, 0.1) is 17.5 Å². The van der Waals surface area contributed by atoms with Gasteiger partial charge in [-0.05, 0) is 29.8 Å². The molecule has 0 spiro atoms. The first-order valence-electron chi connectivity index (χ1n) is 4.09. The maximum atomic E-state index is 11.1. The second-order valence-electron chi connectivity index (χ2n) is 3.59. The van der Waals surface area contributed by atoms with E-state index in [9.17, 15) is 9.90 Å². The van der Waals surface area contributed by atoms with E-state index >= 15 is 0 Å². The van der Waals surface area contributed by atoms with E-state index in [1.807, 2.05) is 0 Å². The molecule has 0 aliphatic heterocycles. The molecule has 0 aliphatic carbocycles. The number of aromatic nitrogens is 2. The highest BCUT2D eigenvalue weighted by Gasteiger charge is 2.13. The van der Waals surface area contributed by atoms with Gasteiger partial charge in [0.1, 0.15) is 4.47 Å². The SMILES string of the molecule is CC(C)(O)CNc1cn[nH]c(=O)c1Br. The van der Waals surface area contributed by atoms with Crippen LogP contribution in [0.25, 0.3) is 0 Å². The van der Waals surface area contributed by atoms with Crippen molar-refractivity contribution in [3.8, 4) is 0 Å². The number of aromatic amines is 1. The van der Waals surface area contributed by atoms with Gasteiger partial charge >= 0.3 is 0 Å². The van der Waals surface area contributed by atoms with E-state index in [0.29, 0.717) is 16.7 Å². The van der Waals surface area contributed by atoms with Crippen LogP contribution in [0.3, 0.4) is 0 Å². The van der Waals surface area contributed by atoms with E-state index in [1.54, 1.807) is 13.8 Å². The summed E-state index contributed by atoms with van der Waals surface area (Å²) in [5.74, 6) is 0. The minimum Gasteiger partial charge on any atom is -0.389 e. The Bertz CT molecular complexity index is 370. The van der Waals surface area contributed by atoms with Crippen LogP contribution in [0.4, 0.5) is 5.69 Å². The minimum atomic E-state index is -0.831. The van der Waals surface area contributed by atoms with Crippen molar-refractivity contribution in [3.05, 3.63) is 21.0 Å². The molecule has 5 nitrogen and oxygen atoms in total. The maximum Gasteiger partial charge on any atom is 0.280 e. The summed E-state index contributed by atoms with van der Waals surface area (Å²) in [5, 5.41) is 18.3. The largest absolute Gasteiger partial charge is 0.389 e. The van der Waals surface area contributed by atoms with Gasteiger partial charge in [-0.1, -0.05) is 0 Å². The topological polar surface area (TPSA) is 78.0 Å². The van der Waals surface area contributed by atoms with Crippen LogP contribution in [0.5, 0.6) is 0 Å². The summed E-state index contributed by atoms with van der Waals surface area (Å²) in [4.78, 5) is 11.1. The average Bonchev–Trinajstić information content (AvgIpc) is 2.06. The van der Waals surface area contributed by atoms with Crippen molar-refractivity contribution in [2.24, 2.45) is 0 Å². The molecule has 78 valence electrons. The minimum absolute atomic E-state index is 0.300. The van der Waals surface area contributed by atoms with Crippen LogP contribution >= 0.6 is 15.9 Å². The molecule has 1 rings (SSSR count). The fourth-order valence-electron chi connectivity index (χ4n) is 0.818. The van der Waals surface area contributed by atoms with Crippen molar-refractivity contribution in [3.63, 3.8) is 0 Å². The molecule has 0 atom stereocenters. The molecule has 0 aromatic carbocycles. The Morgan fingerprint density at radius 3 is 2.93 bits per heavy atom. The van der Waals surface area contributed by atoms with Crippen LogP contribution in [0.1, 0.15) is 13.8 Å². The number of anilines is 1. The monoisotopic (exact) mass is 261 g/mol. The predicted molar refractivity (Wildman–Crippen MR) is 57.3 cm³/mol. The highest BCUT2D eigenvalue weighted by molar-refractivity contribution is 9.10. The molecule has 0 amide bonds.